The fraction of sp³-hybridized carbons (Fsp3) is 0.389. The number of ketones is 1. The zero-order chi connectivity index (χ0) is 19.6. The summed E-state index contributed by atoms with van der Waals surface area (Å²) in [6.45, 7) is 0.337. The van der Waals surface area contributed by atoms with Gasteiger partial charge >= 0.3 is 0 Å². The van der Waals surface area contributed by atoms with Crippen molar-refractivity contribution in [2.24, 2.45) is 5.92 Å². The van der Waals surface area contributed by atoms with Gasteiger partial charge < -0.3 is 21.3 Å². The molecule has 0 aromatic heterocycles. The van der Waals surface area contributed by atoms with Crippen molar-refractivity contribution < 1.29 is 24.0 Å². The molecule has 9 heteroatoms. The minimum atomic E-state index is -1.14. The van der Waals surface area contributed by atoms with E-state index in [2.05, 4.69) is 21.3 Å². The van der Waals surface area contributed by atoms with Crippen LogP contribution in [0.3, 0.4) is 0 Å². The number of carbonyl (C=O) groups excluding carboxylic acids is 5. The Bertz CT molecular complexity index is 707. The Kier molecular flexibility index (Phi) is 7.48. The van der Waals surface area contributed by atoms with Crippen molar-refractivity contribution in [2.45, 2.75) is 25.4 Å². The Morgan fingerprint density at radius 1 is 1.22 bits per heavy atom. The van der Waals surface area contributed by atoms with Crippen LogP contribution in [0.2, 0.25) is 0 Å². The Hall–Kier alpha value is -3.23. The van der Waals surface area contributed by atoms with E-state index >= 15 is 0 Å². The summed E-state index contributed by atoms with van der Waals surface area (Å²) < 4.78 is 0. The maximum Gasteiger partial charge on any atom is 0.289 e. The van der Waals surface area contributed by atoms with Crippen LogP contribution in [0.15, 0.2) is 30.3 Å². The van der Waals surface area contributed by atoms with Gasteiger partial charge in [-0.15, -0.1) is 0 Å². The highest BCUT2D eigenvalue weighted by atomic mass is 16.2. The molecule has 2 rings (SSSR count). The van der Waals surface area contributed by atoms with Gasteiger partial charge in [0.2, 0.25) is 24.0 Å². The molecule has 0 spiro atoms. The molecular formula is C18H22N4O5. The third kappa shape index (κ3) is 6.21. The number of amides is 4. The lowest BCUT2D eigenvalue weighted by atomic mass is 9.95. The first-order valence-electron chi connectivity index (χ1n) is 8.61. The lowest BCUT2D eigenvalue weighted by Gasteiger charge is -2.19. The predicted octanol–water partition coefficient (Wildman–Crippen LogP) is -1.37. The van der Waals surface area contributed by atoms with E-state index in [1.807, 2.05) is 18.2 Å². The zero-order valence-corrected chi connectivity index (χ0v) is 14.7. The van der Waals surface area contributed by atoms with E-state index in [-0.39, 0.29) is 25.4 Å². The molecule has 1 heterocycles. The number of hydrogen-bond donors (Lipinski definition) is 4. The lowest BCUT2D eigenvalue weighted by molar-refractivity contribution is -0.140. The van der Waals surface area contributed by atoms with Crippen LogP contribution in [0.5, 0.6) is 0 Å². The summed E-state index contributed by atoms with van der Waals surface area (Å²) in [4.78, 5) is 58.7. The van der Waals surface area contributed by atoms with Crippen LogP contribution in [0.4, 0.5) is 0 Å². The van der Waals surface area contributed by atoms with Gasteiger partial charge in [-0.1, -0.05) is 30.3 Å². The van der Waals surface area contributed by atoms with Gasteiger partial charge in [0.25, 0.3) is 5.91 Å². The minimum absolute atomic E-state index is 0.0241. The SMILES string of the molecule is O=CNCC(=O)NC(CC1CCNC1=O)C(=O)C(=O)NCc1ccccc1. The van der Waals surface area contributed by atoms with Gasteiger partial charge in [-0.2, -0.15) is 0 Å². The number of benzene rings is 1. The van der Waals surface area contributed by atoms with Crippen molar-refractivity contribution in [1.82, 2.24) is 21.3 Å². The summed E-state index contributed by atoms with van der Waals surface area (Å²) in [7, 11) is 0. The fourth-order valence-corrected chi connectivity index (χ4v) is 2.79. The van der Waals surface area contributed by atoms with E-state index in [0.29, 0.717) is 19.4 Å². The molecule has 1 fully saturated rings. The van der Waals surface area contributed by atoms with Gasteiger partial charge in [-0.3, -0.25) is 24.0 Å². The van der Waals surface area contributed by atoms with E-state index in [9.17, 15) is 24.0 Å². The second kappa shape index (κ2) is 10.0. The average Bonchev–Trinajstić information content (AvgIpc) is 3.08. The molecular weight excluding hydrogens is 352 g/mol. The highest BCUT2D eigenvalue weighted by Gasteiger charge is 2.33. The summed E-state index contributed by atoms with van der Waals surface area (Å²) in [5.74, 6) is -2.95. The standard InChI is InChI=1S/C18H22N4O5/c23-11-19-10-15(24)22-14(8-13-6-7-20-17(13)26)16(25)18(27)21-9-12-4-2-1-3-5-12/h1-5,11,13-14H,6-10H2,(H,19,23)(H,20,26)(H,21,27)(H,22,24). The minimum Gasteiger partial charge on any atom is -0.356 e. The van der Waals surface area contributed by atoms with Crippen molar-refractivity contribution in [2.75, 3.05) is 13.1 Å². The molecule has 144 valence electrons. The van der Waals surface area contributed by atoms with E-state index in [1.165, 1.54) is 0 Å². The number of rotatable bonds is 10. The van der Waals surface area contributed by atoms with Gasteiger partial charge in [-0.05, 0) is 18.4 Å². The molecule has 0 radical (unpaired) electrons. The Labute approximate surface area is 156 Å². The van der Waals surface area contributed by atoms with Crippen LogP contribution in [0.25, 0.3) is 0 Å². The first-order valence-corrected chi connectivity index (χ1v) is 8.61. The number of carbonyl (C=O) groups is 5. The second-order valence-corrected chi connectivity index (χ2v) is 6.16. The van der Waals surface area contributed by atoms with Crippen LogP contribution >= 0.6 is 0 Å². The maximum atomic E-state index is 12.5. The van der Waals surface area contributed by atoms with E-state index in [0.717, 1.165) is 5.56 Å². The molecule has 0 aliphatic carbocycles. The quantitative estimate of drug-likeness (QED) is 0.296. The third-order valence-electron chi connectivity index (χ3n) is 4.20. The predicted molar refractivity (Wildman–Crippen MR) is 95.0 cm³/mol. The highest BCUT2D eigenvalue weighted by Crippen LogP contribution is 2.16. The molecule has 4 amide bonds. The first kappa shape index (κ1) is 20.1. The van der Waals surface area contributed by atoms with Crippen molar-refractivity contribution in [3.05, 3.63) is 35.9 Å². The third-order valence-corrected chi connectivity index (χ3v) is 4.20. The Balaban J connectivity index is 1.99. The lowest BCUT2D eigenvalue weighted by Crippen LogP contribution is -2.50. The van der Waals surface area contributed by atoms with Gasteiger partial charge in [0.15, 0.2) is 0 Å². The van der Waals surface area contributed by atoms with E-state index in [1.54, 1.807) is 12.1 Å². The normalized spacial score (nSPS) is 16.7. The van der Waals surface area contributed by atoms with Gasteiger partial charge in [0, 0.05) is 19.0 Å². The molecule has 1 saturated heterocycles. The average molecular weight is 374 g/mol. The molecule has 2 atom stereocenters. The first-order chi connectivity index (χ1) is 13.0. The van der Waals surface area contributed by atoms with Crippen LogP contribution < -0.4 is 21.3 Å². The van der Waals surface area contributed by atoms with Crippen molar-refractivity contribution in [1.29, 1.82) is 0 Å². The van der Waals surface area contributed by atoms with E-state index < -0.39 is 29.6 Å². The molecule has 0 saturated carbocycles. The van der Waals surface area contributed by atoms with Crippen molar-refractivity contribution in [3.8, 4) is 0 Å². The largest absolute Gasteiger partial charge is 0.356 e. The van der Waals surface area contributed by atoms with E-state index in [4.69, 9.17) is 0 Å². The second-order valence-electron chi connectivity index (χ2n) is 6.16. The maximum absolute atomic E-state index is 12.5. The van der Waals surface area contributed by atoms with Gasteiger partial charge in [-0.25, -0.2) is 0 Å². The summed E-state index contributed by atoms with van der Waals surface area (Å²) in [6.07, 6.45) is 0.903. The molecule has 1 aliphatic heterocycles. The van der Waals surface area contributed by atoms with Crippen LogP contribution in [0, 0.1) is 5.92 Å². The molecule has 9 nitrogen and oxygen atoms in total. The Morgan fingerprint density at radius 2 is 1.96 bits per heavy atom. The molecule has 2 unspecified atom stereocenters. The molecule has 4 N–H and O–H groups in total. The molecule has 1 aromatic carbocycles. The molecule has 1 aliphatic rings. The summed E-state index contributed by atoms with van der Waals surface area (Å²) >= 11 is 0. The zero-order valence-electron chi connectivity index (χ0n) is 14.7. The summed E-state index contributed by atoms with van der Waals surface area (Å²) in [5, 5.41) is 9.79. The monoisotopic (exact) mass is 374 g/mol. The Morgan fingerprint density at radius 3 is 2.59 bits per heavy atom. The topological polar surface area (TPSA) is 133 Å². The smallest absolute Gasteiger partial charge is 0.289 e. The summed E-state index contributed by atoms with van der Waals surface area (Å²) in [6, 6.07) is 7.92. The number of hydrogen-bond acceptors (Lipinski definition) is 5. The summed E-state index contributed by atoms with van der Waals surface area (Å²) in [5.41, 5.74) is 0.824. The van der Waals surface area contributed by atoms with Crippen molar-refractivity contribution in [3.63, 3.8) is 0 Å². The van der Waals surface area contributed by atoms with Crippen LogP contribution in [-0.4, -0.2) is 49.0 Å². The molecule has 0 bridgehead atoms. The highest BCUT2D eigenvalue weighted by molar-refractivity contribution is 6.38. The van der Waals surface area contributed by atoms with Gasteiger partial charge in [0.1, 0.15) is 0 Å². The van der Waals surface area contributed by atoms with Crippen LogP contribution in [-0.2, 0) is 30.5 Å². The fourth-order valence-electron chi connectivity index (χ4n) is 2.79. The number of nitrogens with one attached hydrogen (secondary N) is 4. The van der Waals surface area contributed by atoms with Crippen molar-refractivity contribution >= 4 is 29.9 Å². The molecule has 1 aromatic rings. The molecule has 27 heavy (non-hydrogen) atoms. The van der Waals surface area contributed by atoms with Crippen LogP contribution in [0.1, 0.15) is 18.4 Å². The number of Topliss-reactive ketones (excluding diaryl/α,β-unsaturated/α-hetero) is 1. The van der Waals surface area contributed by atoms with Gasteiger partial charge in [0.05, 0.1) is 12.6 Å².